The number of aliphatic hydroxyl groups is 1. The van der Waals surface area contributed by atoms with E-state index in [-0.39, 0.29) is 12.9 Å². The third-order valence-electron chi connectivity index (χ3n) is 2.86. The normalized spacial score (nSPS) is 19.9. The SMILES string of the molecule is C=C(CO)c1ccc(OC2CCCCO2)cc1. The van der Waals surface area contributed by atoms with Gasteiger partial charge >= 0.3 is 0 Å². The van der Waals surface area contributed by atoms with Gasteiger partial charge in [0, 0.05) is 6.42 Å². The van der Waals surface area contributed by atoms with Crippen molar-refractivity contribution in [2.45, 2.75) is 25.6 Å². The molecular weight excluding hydrogens is 216 g/mol. The van der Waals surface area contributed by atoms with Crippen molar-refractivity contribution in [3.05, 3.63) is 36.4 Å². The van der Waals surface area contributed by atoms with Gasteiger partial charge in [-0.25, -0.2) is 0 Å². The van der Waals surface area contributed by atoms with E-state index in [1.807, 2.05) is 24.3 Å². The summed E-state index contributed by atoms with van der Waals surface area (Å²) in [5.41, 5.74) is 1.65. The molecule has 1 aliphatic rings. The van der Waals surface area contributed by atoms with E-state index in [0.29, 0.717) is 5.57 Å². The van der Waals surface area contributed by atoms with Crippen LogP contribution in [0.4, 0.5) is 0 Å². The lowest BCUT2D eigenvalue weighted by atomic mass is 10.1. The molecule has 2 rings (SSSR count). The van der Waals surface area contributed by atoms with Crippen molar-refractivity contribution in [3.8, 4) is 5.75 Å². The Hall–Kier alpha value is -1.32. The predicted molar refractivity (Wildman–Crippen MR) is 66.8 cm³/mol. The standard InChI is InChI=1S/C14H18O3/c1-11(10-15)12-5-7-13(8-6-12)17-14-4-2-3-9-16-14/h5-8,14-15H,1-4,9-10H2. The first-order chi connectivity index (χ1) is 8.29. The lowest BCUT2D eigenvalue weighted by Gasteiger charge is -2.23. The van der Waals surface area contributed by atoms with Gasteiger partial charge in [0.05, 0.1) is 13.2 Å². The molecule has 1 aromatic carbocycles. The molecule has 0 saturated carbocycles. The van der Waals surface area contributed by atoms with Gasteiger partial charge in [-0.05, 0) is 36.1 Å². The van der Waals surface area contributed by atoms with Gasteiger partial charge in [-0.15, -0.1) is 0 Å². The lowest BCUT2D eigenvalue weighted by molar-refractivity contribution is -0.105. The van der Waals surface area contributed by atoms with Gasteiger partial charge in [0.25, 0.3) is 0 Å². The molecule has 0 bridgehead atoms. The van der Waals surface area contributed by atoms with Crippen LogP contribution in [-0.2, 0) is 4.74 Å². The molecule has 1 unspecified atom stereocenters. The summed E-state index contributed by atoms with van der Waals surface area (Å²) >= 11 is 0. The van der Waals surface area contributed by atoms with Crippen molar-refractivity contribution >= 4 is 5.57 Å². The summed E-state index contributed by atoms with van der Waals surface area (Å²) < 4.78 is 11.2. The number of ether oxygens (including phenoxy) is 2. The van der Waals surface area contributed by atoms with Crippen LogP contribution in [0.15, 0.2) is 30.8 Å². The van der Waals surface area contributed by atoms with Crippen molar-refractivity contribution in [1.29, 1.82) is 0 Å². The van der Waals surface area contributed by atoms with E-state index < -0.39 is 0 Å². The van der Waals surface area contributed by atoms with Crippen LogP contribution in [0.3, 0.4) is 0 Å². The Balaban J connectivity index is 1.95. The first-order valence-corrected chi connectivity index (χ1v) is 5.97. The molecule has 1 aromatic rings. The number of rotatable bonds is 4. The van der Waals surface area contributed by atoms with Gasteiger partial charge in [0.1, 0.15) is 5.75 Å². The van der Waals surface area contributed by atoms with Crippen LogP contribution < -0.4 is 4.74 Å². The maximum atomic E-state index is 8.97. The van der Waals surface area contributed by atoms with Crippen LogP contribution in [0.1, 0.15) is 24.8 Å². The topological polar surface area (TPSA) is 38.7 Å². The van der Waals surface area contributed by atoms with E-state index in [4.69, 9.17) is 14.6 Å². The Bertz CT molecular complexity index is 364. The fourth-order valence-electron chi connectivity index (χ4n) is 1.82. The zero-order valence-corrected chi connectivity index (χ0v) is 9.89. The minimum Gasteiger partial charge on any atom is -0.465 e. The van der Waals surface area contributed by atoms with Crippen molar-refractivity contribution in [1.82, 2.24) is 0 Å². The van der Waals surface area contributed by atoms with Crippen molar-refractivity contribution in [2.75, 3.05) is 13.2 Å². The quantitative estimate of drug-likeness (QED) is 0.870. The maximum absolute atomic E-state index is 8.97. The van der Waals surface area contributed by atoms with E-state index in [1.165, 1.54) is 0 Å². The fraction of sp³-hybridized carbons (Fsp3) is 0.429. The molecule has 0 radical (unpaired) electrons. The molecule has 1 atom stereocenters. The second-order valence-electron chi connectivity index (χ2n) is 4.20. The summed E-state index contributed by atoms with van der Waals surface area (Å²) in [7, 11) is 0. The number of aliphatic hydroxyl groups excluding tert-OH is 1. The molecule has 3 nitrogen and oxygen atoms in total. The maximum Gasteiger partial charge on any atom is 0.199 e. The van der Waals surface area contributed by atoms with E-state index in [1.54, 1.807) is 0 Å². The Morgan fingerprint density at radius 1 is 1.35 bits per heavy atom. The predicted octanol–water partition coefficient (Wildman–Crippen LogP) is 2.60. The van der Waals surface area contributed by atoms with Crippen LogP contribution in [0, 0.1) is 0 Å². The molecule has 1 saturated heterocycles. The van der Waals surface area contributed by atoms with Gasteiger partial charge in [-0.3, -0.25) is 0 Å². The van der Waals surface area contributed by atoms with E-state index >= 15 is 0 Å². The first-order valence-electron chi connectivity index (χ1n) is 5.97. The largest absolute Gasteiger partial charge is 0.465 e. The molecule has 1 heterocycles. The molecule has 0 spiro atoms. The lowest BCUT2D eigenvalue weighted by Crippen LogP contribution is -2.24. The van der Waals surface area contributed by atoms with Crippen molar-refractivity contribution < 1.29 is 14.6 Å². The highest BCUT2D eigenvalue weighted by Gasteiger charge is 2.14. The summed E-state index contributed by atoms with van der Waals surface area (Å²) in [5, 5.41) is 8.97. The second-order valence-corrected chi connectivity index (χ2v) is 4.20. The molecule has 1 fully saturated rings. The Labute approximate surface area is 102 Å². The van der Waals surface area contributed by atoms with E-state index in [0.717, 1.165) is 37.2 Å². The number of benzene rings is 1. The monoisotopic (exact) mass is 234 g/mol. The Kier molecular flexibility index (Phi) is 4.18. The van der Waals surface area contributed by atoms with Gasteiger partial charge in [0.2, 0.25) is 0 Å². The average Bonchev–Trinajstić information content (AvgIpc) is 2.40. The summed E-state index contributed by atoms with van der Waals surface area (Å²) in [4.78, 5) is 0. The van der Waals surface area contributed by atoms with Crippen LogP contribution in [0.25, 0.3) is 5.57 Å². The minimum atomic E-state index is -0.115. The summed E-state index contributed by atoms with van der Waals surface area (Å²) in [6, 6.07) is 7.57. The van der Waals surface area contributed by atoms with E-state index in [2.05, 4.69) is 6.58 Å². The highest BCUT2D eigenvalue weighted by Crippen LogP contribution is 2.21. The fourth-order valence-corrected chi connectivity index (χ4v) is 1.82. The Morgan fingerprint density at radius 2 is 2.12 bits per heavy atom. The molecule has 0 aliphatic carbocycles. The van der Waals surface area contributed by atoms with E-state index in [9.17, 15) is 0 Å². The zero-order valence-electron chi connectivity index (χ0n) is 9.89. The van der Waals surface area contributed by atoms with Gasteiger partial charge in [-0.2, -0.15) is 0 Å². The third-order valence-corrected chi connectivity index (χ3v) is 2.86. The second kappa shape index (κ2) is 5.84. The molecule has 1 N–H and O–H groups in total. The van der Waals surface area contributed by atoms with Crippen molar-refractivity contribution in [3.63, 3.8) is 0 Å². The van der Waals surface area contributed by atoms with Gasteiger partial charge in [0.15, 0.2) is 6.29 Å². The summed E-state index contributed by atoms with van der Waals surface area (Å²) in [5.74, 6) is 0.798. The number of hydrogen-bond donors (Lipinski definition) is 1. The molecular formula is C14H18O3. The molecule has 0 aromatic heterocycles. The third kappa shape index (κ3) is 3.32. The van der Waals surface area contributed by atoms with Crippen molar-refractivity contribution in [2.24, 2.45) is 0 Å². The Morgan fingerprint density at radius 3 is 2.71 bits per heavy atom. The average molecular weight is 234 g/mol. The number of hydrogen-bond acceptors (Lipinski definition) is 3. The first kappa shape index (κ1) is 12.1. The summed E-state index contributed by atoms with van der Waals surface area (Å²) in [6.07, 6.45) is 3.11. The van der Waals surface area contributed by atoms with Gasteiger partial charge in [-0.1, -0.05) is 18.7 Å². The van der Waals surface area contributed by atoms with Crippen LogP contribution in [-0.4, -0.2) is 24.6 Å². The zero-order chi connectivity index (χ0) is 12.1. The highest BCUT2D eigenvalue weighted by molar-refractivity contribution is 5.64. The smallest absolute Gasteiger partial charge is 0.199 e. The van der Waals surface area contributed by atoms with Gasteiger partial charge < -0.3 is 14.6 Å². The molecule has 92 valence electrons. The highest BCUT2D eigenvalue weighted by atomic mass is 16.7. The molecule has 3 heteroatoms. The summed E-state index contributed by atoms with van der Waals surface area (Å²) in [6.45, 7) is 4.53. The molecule has 1 aliphatic heterocycles. The van der Waals surface area contributed by atoms with Crippen LogP contribution >= 0.6 is 0 Å². The molecule has 0 amide bonds. The van der Waals surface area contributed by atoms with Crippen LogP contribution in [0.5, 0.6) is 5.75 Å². The molecule has 17 heavy (non-hydrogen) atoms. The van der Waals surface area contributed by atoms with Crippen LogP contribution in [0.2, 0.25) is 0 Å². The minimum absolute atomic E-state index is 0.0219.